The average molecular weight is 353 g/mol. The number of sulfonamides is 1. The molecule has 0 bridgehead atoms. The number of aliphatic hydroxyl groups is 1. The number of aromatic nitrogens is 1. The third kappa shape index (κ3) is 2.12. The molecule has 2 unspecified atom stereocenters. The van der Waals surface area contributed by atoms with Gasteiger partial charge in [0.25, 0.3) is 0 Å². The molecule has 2 aromatic rings. The summed E-state index contributed by atoms with van der Waals surface area (Å²) in [5.41, 5.74) is 3.61. The van der Waals surface area contributed by atoms with E-state index >= 15 is 0 Å². The van der Waals surface area contributed by atoms with Gasteiger partial charge in [0.1, 0.15) is 11.0 Å². The van der Waals surface area contributed by atoms with E-state index in [9.17, 15) is 18.3 Å². The first-order valence-corrected chi connectivity index (χ1v) is 8.98. The van der Waals surface area contributed by atoms with Crippen molar-refractivity contribution in [3.63, 3.8) is 0 Å². The summed E-state index contributed by atoms with van der Waals surface area (Å²) in [5, 5.41) is 11.6. The Labute approximate surface area is 137 Å². The van der Waals surface area contributed by atoms with Gasteiger partial charge in [-0.05, 0) is 13.0 Å². The number of primary amides is 1. The van der Waals surface area contributed by atoms with Gasteiger partial charge in [0.15, 0.2) is 5.60 Å². The van der Waals surface area contributed by atoms with Crippen LogP contribution in [0.5, 0.6) is 0 Å². The molecule has 3 N–H and O–H groups in total. The molecular formula is C14H15N3O4S2. The average Bonchev–Trinajstić information content (AvgIpc) is 2.92. The number of fused-ring (bicyclic) bond motifs is 1. The number of nitrogens with zero attached hydrogens (tertiary/aromatic N) is 2. The molecule has 0 radical (unpaired) electrons. The van der Waals surface area contributed by atoms with E-state index in [1.165, 1.54) is 30.5 Å². The van der Waals surface area contributed by atoms with Crippen molar-refractivity contribution in [3.05, 3.63) is 45.9 Å². The molecular weight excluding hydrogens is 338 g/mol. The van der Waals surface area contributed by atoms with E-state index in [4.69, 9.17) is 5.73 Å². The third-order valence-corrected chi connectivity index (χ3v) is 6.85. The fourth-order valence-electron chi connectivity index (χ4n) is 2.86. The fraction of sp³-hybridized carbons (Fsp3) is 0.286. The SMILES string of the molecule is Cc1cnc(C2(O)c3ccccc3S(=O)(=O)N(C)C2C(N)=O)s1. The minimum Gasteiger partial charge on any atom is -0.376 e. The first-order valence-electron chi connectivity index (χ1n) is 6.73. The first-order chi connectivity index (χ1) is 10.7. The quantitative estimate of drug-likeness (QED) is 0.799. The topological polar surface area (TPSA) is 114 Å². The zero-order chi connectivity index (χ0) is 17.0. The lowest BCUT2D eigenvalue weighted by Gasteiger charge is -2.42. The van der Waals surface area contributed by atoms with Crippen molar-refractivity contribution in [2.45, 2.75) is 23.5 Å². The van der Waals surface area contributed by atoms with Gasteiger partial charge in [-0.25, -0.2) is 13.4 Å². The lowest BCUT2D eigenvalue weighted by Crippen LogP contribution is -2.61. The Morgan fingerprint density at radius 3 is 2.65 bits per heavy atom. The highest BCUT2D eigenvalue weighted by atomic mass is 32.2. The van der Waals surface area contributed by atoms with Gasteiger partial charge in [-0.1, -0.05) is 18.2 Å². The van der Waals surface area contributed by atoms with Crippen molar-refractivity contribution in [2.24, 2.45) is 5.73 Å². The predicted octanol–water partition coefficient (Wildman–Crippen LogP) is 0.175. The molecule has 0 fully saturated rings. The van der Waals surface area contributed by atoms with Crippen LogP contribution in [0.2, 0.25) is 0 Å². The van der Waals surface area contributed by atoms with E-state index in [0.717, 1.165) is 9.18 Å². The summed E-state index contributed by atoms with van der Waals surface area (Å²) in [6, 6.07) is 4.55. The van der Waals surface area contributed by atoms with Crippen LogP contribution in [0.1, 0.15) is 15.4 Å². The number of benzene rings is 1. The number of thiazole rings is 1. The molecule has 23 heavy (non-hydrogen) atoms. The lowest BCUT2D eigenvalue weighted by molar-refractivity contribution is -0.129. The molecule has 2 heterocycles. The summed E-state index contributed by atoms with van der Waals surface area (Å²) in [4.78, 5) is 16.9. The Balaban J connectivity index is 2.41. The number of hydrogen-bond acceptors (Lipinski definition) is 6. The maximum atomic E-state index is 12.6. The second kappa shape index (κ2) is 5.10. The smallest absolute Gasteiger partial charge is 0.244 e. The Kier molecular flexibility index (Phi) is 3.56. The van der Waals surface area contributed by atoms with Crippen molar-refractivity contribution in [1.82, 2.24) is 9.29 Å². The summed E-state index contributed by atoms with van der Waals surface area (Å²) in [6.45, 7) is 1.80. The van der Waals surface area contributed by atoms with Crippen molar-refractivity contribution in [3.8, 4) is 0 Å². The zero-order valence-electron chi connectivity index (χ0n) is 12.4. The Morgan fingerprint density at radius 1 is 1.43 bits per heavy atom. The highest BCUT2D eigenvalue weighted by Crippen LogP contribution is 2.45. The van der Waals surface area contributed by atoms with Gasteiger partial charge in [-0.3, -0.25) is 4.79 Å². The molecule has 1 aliphatic rings. The first kappa shape index (κ1) is 16.1. The maximum Gasteiger partial charge on any atom is 0.244 e. The molecule has 122 valence electrons. The van der Waals surface area contributed by atoms with Crippen LogP contribution >= 0.6 is 11.3 Å². The van der Waals surface area contributed by atoms with Crippen LogP contribution in [0.15, 0.2) is 35.4 Å². The lowest BCUT2D eigenvalue weighted by atomic mass is 9.86. The van der Waals surface area contributed by atoms with Crippen molar-refractivity contribution in [2.75, 3.05) is 7.05 Å². The van der Waals surface area contributed by atoms with Crippen molar-refractivity contribution >= 4 is 27.3 Å². The van der Waals surface area contributed by atoms with Gasteiger partial charge >= 0.3 is 0 Å². The monoisotopic (exact) mass is 353 g/mol. The van der Waals surface area contributed by atoms with Gasteiger partial charge in [-0.2, -0.15) is 4.31 Å². The molecule has 1 aromatic heterocycles. The molecule has 9 heteroatoms. The summed E-state index contributed by atoms with van der Waals surface area (Å²) in [7, 11) is -2.71. The van der Waals surface area contributed by atoms with Gasteiger partial charge in [0.05, 0.1) is 4.90 Å². The summed E-state index contributed by atoms with van der Waals surface area (Å²) >= 11 is 1.19. The van der Waals surface area contributed by atoms with Gasteiger partial charge in [-0.15, -0.1) is 11.3 Å². The molecule has 0 saturated heterocycles. The minimum atomic E-state index is -3.94. The second-order valence-electron chi connectivity index (χ2n) is 5.36. The standard InChI is InChI=1S/C14H15N3O4S2/c1-8-7-16-13(22-8)14(19)9-5-3-4-6-10(9)23(20,21)17(2)11(14)12(15)18/h3-7,11,19H,1-2H3,(H2,15,18). The van der Waals surface area contributed by atoms with Crippen LogP contribution in [-0.2, 0) is 20.4 Å². The van der Waals surface area contributed by atoms with Crippen LogP contribution < -0.4 is 5.73 Å². The Bertz CT molecular complexity index is 893. The fourth-order valence-corrected chi connectivity index (χ4v) is 5.35. The molecule has 0 aliphatic carbocycles. The third-order valence-electron chi connectivity index (χ3n) is 3.93. The van der Waals surface area contributed by atoms with Crippen molar-refractivity contribution in [1.29, 1.82) is 0 Å². The van der Waals surface area contributed by atoms with Gasteiger partial charge in [0, 0.05) is 23.7 Å². The number of hydrogen-bond donors (Lipinski definition) is 2. The van der Waals surface area contributed by atoms with Crippen LogP contribution in [0.3, 0.4) is 0 Å². The molecule has 1 amide bonds. The molecule has 2 atom stereocenters. The molecule has 0 spiro atoms. The van der Waals surface area contributed by atoms with Gasteiger partial charge in [0.2, 0.25) is 15.9 Å². The van der Waals surface area contributed by atoms with E-state index in [1.54, 1.807) is 25.3 Å². The Morgan fingerprint density at radius 2 is 2.09 bits per heavy atom. The van der Waals surface area contributed by atoms with E-state index in [-0.39, 0.29) is 15.5 Å². The number of carbonyl (C=O) groups excluding carboxylic acids is 1. The number of aryl methyl sites for hydroxylation is 1. The number of nitrogens with two attached hydrogens (primary N) is 1. The van der Waals surface area contributed by atoms with Crippen LogP contribution in [0.4, 0.5) is 0 Å². The van der Waals surface area contributed by atoms with Gasteiger partial charge < -0.3 is 10.8 Å². The number of amides is 1. The molecule has 3 rings (SSSR count). The van der Waals surface area contributed by atoms with E-state index in [1.807, 2.05) is 0 Å². The molecule has 7 nitrogen and oxygen atoms in total. The highest BCUT2D eigenvalue weighted by molar-refractivity contribution is 7.89. The minimum absolute atomic E-state index is 0.0599. The number of carbonyl (C=O) groups is 1. The summed E-state index contributed by atoms with van der Waals surface area (Å²) < 4.78 is 26.1. The summed E-state index contributed by atoms with van der Waals surface area (Å²) in [6.07, 6.45) is 1.56. The zero-order valence-corrected chi connectivity index (χ0v) is 14.1. The number of rotatable bonds is 2. The highest BCUT2D eigenvalue weighted by Gasteiger charge is 2.56. The van der Waals surface area contributed by atoms with E-state index in [0.29, 0.717) is 0 Å². The van der Waals surface area contributed by atoms with E-state index < -0.39 is 27.6 Å². The van der Waals surface area contributed by atoms with E-state index in [2.05, 4.69) is 4.98 Å². The summed E-state index contributed by atoms with van der Waals surface area (Å²) in [5.74, 6) is -0.944. The largest absolute Gasteiger partial charge is 0.376 e. The molecule has 1 aliphatic heterocycles. The molecule has 0 saturated carbocycles. The van der Waals surface area contributed by atoms with Crippen LogP contribution in [0, 0.1) is 6.92 Å². The maximum absolute atomic E-state index is 12.6. The van der Waals surface area contributed by atoms with Crippen LogP contribution in [-0.4, -0.2) is 41.8 Å². The van der Waals surface area contributed by atoms with Crippen LogP contribution in [0.25, 0.3) is 0 Å². The normalized spacial score (nSPS) is 26.7. The number of likely N-dealkylation sites (N-methyl/N-ethyl adjacent to an activating group) is 1. The predicted molar refractivity (Wildman–Crippen MR) is 84.2 cm³/mol. The second-order valence-corrected chi connectivity index (χ2v) is 8.57. The Hall–Kier alpha value is -1.81. The van der Waals surface area contributed by atoms with Crippen molar-refractivity contribution < 1.29 is 18.3 Å². The molecule has 1 aromatic carbocycles.